The maximum Gasteiger partial charge on any atom is 0.353 e. The summed E-state index contributed by atoms with van der Waals surface area (Å²) in [4.78, 5) is 35.9. The smallest absolute Gasteiger partial charge is 0.353 e. The number of esters is 1. The summed E-state index contributed by atoms with van der Waals surface area (Å²) in [6.45, 7) is 2.85. The maximum absolute atomic E-state index is 14.0. The molecule has 0 saturated carbocycles. The molecule has 0 atom stereocenters. The molecule has 8 nitrogen and oxygen atoms in total. The molecule has 0 spiro atoms. The van der Waals surface area contributed by atoms with Gasteiger partial charge in [0.25, 0.3) is 0 Å². The highest BCUT2D eigenvalue weighted by Crippen LogP contribution is 2.28. The largest absolute Gasteiger partial charge is 0.480 e. The van der Waals surface area contributed by atoms with E-state index < -0.39 is 35.6 Å². The number of amides is 1. The van der Waals surface area contributed by atoms with Crippen molar-refractivity contribution in [2.45, 2.75) is 20.3 Å². The molecule has 0 saturated heterocycles. The van der Waals surface area contributed by atoms with Gasteiger partial charge in [-0.05, 0) is 36.8 Å². The molecule has 5 N–H and O–H groups in total. The predicted octanol–water partition coefficient (Wildman–Crippen LogP) is 2.16. The van der Waals surface area contributed by atoms with Gasteiger partial charge in [0.2, 0.25) is 5.91 Å². The number of hydrogen-bond donors (Lipinski definition) is 4. The Morgan fingerprint density at radius 3 is 2.55 bits per heavy atom. The number of rotatable bonds is 8. The molecule has 0 fully saturated rings. The van der Waals surface area contributed by atoms with E-state index in [9.17, 15) is 18.8 Å². The molecule has 0 bridgehead atoms. The van der Waals surface area contributed by atoms with E-state index in [0.29, 0.717) is 4.88 Å². The fourth-order valence-corrected chi connectivity index (χ4v) is 3.51. The van der Waals surface area contributed by atoms with Gasteiger partial charge in [-0.1, -0.05) is 13.8 Å². The van der Waals surface area contributed by atoms with Gasteiger partial charge >= 0.3 is 11.9 Å². The molecule has 1 aromatic carbocycles. The third-order valence-electron chi connectivity index (χ3n) is 3.94. The van der Waals surface area contributed by atoms with E-state index in [2.05, 4.69) is 5.32 Å². The van der Waals surface area contributed by atoms with Crippen LogP contribution in [0.3, 0.4) is 0 Å². The molecule has 0 radical (unpaired) electrons. The number of benzene rings is 1. The van der Waals surface area contributed by atoms with Crippen LogP contribution in [0.1, 0.15) is 34.0 Å². The first-order chi connectivity index (χ1) is 13.5. The van der Waals surface area contributed by atoms with Gasteiger partial charge in [-0.3, -0.25) is 15.0 Å². The van der Waals surface area contributed by atoms with Crippen LogP contribution in [0.2, 0.25) is 0 Å². The number of carbonyl (C=O) groups is 3. The van der Waals surface area contributed by atoms with Gasteiger partial charge in [0.1, 0.15) is 17.3 Å². The number of carbonyl (C=O) groups excluding carboxylic acids is 2. The van der Waals surface area contributed by atoms with Crippen molar-refractivity contribution in [2.75, 3.05) is 6.54 Å². The highest BCUT2D eigenvalue weighted by molar-refractivity contribution is 7.13. The van der Waals surface area contributed by atoms with Gasteiger partial charge in [-0.15, -0.1) is 11.3 Å². The summed E-state index contributed by atoms with van der Waals surface area (Å²) in [6.07, 6.45) is 0.276. The summed E-state index contributed by atoms with van der Waals surface area (Å²) in [5.41, 5.74) is 4.56. The molecule has 1 aromatic heterocycles. The lowest BCUT2D eigenvalue weighted by Gasteiger charge is -2.22. The summed E-state index contributed by atoms with van der Waals surface area (Å²) in [5.74, 6) is -3.74. The fourth-order valence-electron chi connectivity index (χ4n) is 2.39. The van der Waals surface area contributed by atoms with Gasteiger partial charge in [0.15, 0.2) is 11.6 Å². The highest BCUT2D eigenvalue weighted by atomic mass is 32.1. The Kier molecular flexibility index (Phi) is 6.70. The SMILES string of the molecule is CC(C)(Cc1ccc(C(=O)Oc2ccc(C(=N)N)cc2F)s1)C(=O)NCC(=O)O. The number of amidine groups is 1. The normalized spacial score (nSPS) is 11.0. The second-order valence-electron chi connectivity index (χ2n) is 6.85. The summed E-state index contributed by atoms with van der Waals surface area (Å²) < 4.78 is 19.1. The molecule has 154 valence electrons. The standard InChI is InChI=1S/C19H20FN3O5S/c1-19(2,18(27)23-9-15(24)25)8-11-4-6-14(29-11)17(26)28-13-5-3-10(16(21)22)7-12(13)20/h3-7H,8-9H2,1-2H3,(H3,21,22)(H,23,27)(H,24,25). The molecule has 0 aliphatic heterocycles. The van der Waals surface area contributed by atoms with E-state index in [4.69, 9.17) is 21.0 Å². The van der Waals surface area contributed by atoms with Crippen LogP contribution in [0, 0.1) is 16.6 Å². The number of nitrogens with one attached hydrogen (secondary N) is 2. The molecule has 2 rings (SSSR count). The van der Waals surface area contributed by atoms with Crippen molar-refractivity contribution in [1.82, 2.24) is 5.32 Å². The van der Waals surface area contributed by atoms with Crippen LogP contribution < -0.4 is 15.8 Å². The number of aliphatic carboxylic acids is 1. The first-order valence-corrected chi connectivity index (χ1v) is 9.26. The van der Waals surface area contributed by atoms with Crippen molar-refractivity contribution >= 4 is 35.0 Å². The van der Waals surface area contributed by atoms with E-state index in [-0.39, 0.29) is 28.4 Å². The van der Waals surface area contributed by atoms with Crippen molar-refractivity contribution in [3.05, 3.63) is 51.5 Å². The van der Waals surface area contributed by atoms with Crippen LogP contribution in [0.25, 0.3) is 0 Å². The Morgan fingerprint density at radius 2 is 1.97 bits per heavy atom. The third-order valence-corrected chi connectivity index (χ3v) is 5.00. The molecular formula is C19H20FN3O5S. The first kappa shape index (κ1) is 22.0. The Hall–Kier alpha value is -3.27. The van der Waals surface area contributed by atoms with Crippen LogP contribution in [0.4, 0.5) is 4.39 Å². The Balaban J connectivity index is 2.05. The quantitative estimate of drug-likeness (QED) is 0.223. The van der Waals surface area contributed by atoms with Crippen LogP contribution in [-0.4, -0.2) is 35.3 Å². The zero-order valence-corrected chi connectivity index (χ0v) is 16.6. The van der Waals surface area contributed by atoms with Gasteiger partial charge in [0, 0.05) is 15.9 Å². The molecule has 0 unspecified atom stereocenters. The minimum atomic E-state index is -1.14. The maximum atomic E-state index is 14.0. The number of halogens is 1. The number of nitrogen functional groups attached to an aromatic ring is 1. The molecule has 1 amide bonds. The Morgan fingerprint density at radius 1 is 1.28 bits per heavy atom. The third kappa shape index (κ3) is 5.85. The van der Waals surface area contributed by atoms with Crippen molar-refractivity contribution in [3.63, 3.8) is 0 Å². The predicted molar refractivity (Wildman–Crippen MR) is 105 cm³/mol. The van der Waals surface area contributed by atoms with Gasteiger partial charge in [0.05, 0.1) is 0 Å². The van der Waals surface area contributed by atoms with Crippen molar-refractivity contribution in [3.8, 4) is 5.75 Å². The van der Waals surface area contributed by atoms with Crippen LogP contribution >= 0.6 is 11.3 Å². The van der Waals surface area contributed by atoms with Gasteiger partial charge < -0.3 is 20.9 Å². The zero-order valence-electron chi connectivity index (χ0n) is 15.7. The number of carboxylic acid groups (broad SMARTS) is 1. The lowest BCUT2D eigenvalue weighted by molar-refractivity contribution is -0.139. The lowest BCUT2D eigenvalue weighted by Crippen LogP contribution is -2.40. The van der Waals surface area contributed by atoms with Crippen molar-refractivity contribution in [2.24, 2.45) is 11.1 Å². The Labute approximate surface area is 170 Å². The molecule has 0 aliphatic rings. The topological polar surface area (TPSA) is 143 Å². The van der Waals surface area contributed by atoms with E-state index in [1.54, 1.807) is 19.9 Å². The lowest BCUT2D eigenvalue weighted by atomic mass is 9.87. The molecule has 29 heavy (non-hydrogen) atoms. The average Bonchev–Trinajstić information content (AvgIpc) is 3.08. The van der Waals surface area contributed by atoms with E-state index in [1.165, 1.54) is 18.2 Å². The summed E-state index contributed by atoms with van der Waals surface area (Å²) in [7, 11) is 0. The number of ether oxygens (including phenoxy) is 1. The average molecular weight is 421 g/mol. The minimum Gasteiger partial charge on any atom is -0.480 e. The first-order valence-electron chi connectivity index (χ1n) is 8.44. The van der Waals surface area contributed by atoms with Crippen LogP contribution in [0.15, 0.2) is 30.3 Å². The second kappa shape index (κ2) is 8.82. The van der Waals surface area contributed by atoms with E-state index in [1.807, 2.05) is 0 Å². The number of carboxylic acids is 1. The second-order valence-corrected chi connectivity index (χ2v) is 8.02. The molecule has 2 aromatic rings. The Bertz CT molecular complexity index is 971. The van der Waals surface area contributed by atoms with E-state index in [0.717, 1.165) is 17.4 Å². The zero-order chi connectivity index (χ0) is 21.8. The van der Waals surface area contributed by atoms with Crippen molar-refractivity contribution in [1.29, 1.82) is 5.41 Å². The number of nitrogens with two attached hydrogens (primary N) is 1. The van der Waals surface area contributed by atoms with Gasteiger partial charge in [-0.2, -0.15) is 0 Å². The number of thiophene rings is 1. The monoisotopic (exact) mass is 421 g/mol. The van der Waals surface area contributed by atoms with Crippen LogP contribution in [-0.2, 0) is 16.0 Å². The van der Waals surface area contributed by atoms with E-state index >= 15 is 0 Å². The molecular weight excluding hydrogens is 401 g/mol. The summed E-state index contributed by atoms with van der Waals surface area (Å²) >= 11 is 1.10. The molecule has 10 heteroatoms. The molecule has 1 heterocycles. The highest BCUT2D eigenvalue weighted by Gasteiger charge is 2.29. The summed E-state index contributed by atoms with van der Waals surface area (Å²) in [6, 6.07) is 6.75. The minimum absolute atomic E-state index is 0.170. The number of hydrogen-bond acceptors (Lipinski definition) is 6. The van der Waals surface area contributed by atoms with Crippen molar-refractivity contribution < 1.29 is 28.6 Å². The summed E-state index contributed by atoms with van der Waals surface area (Å²) in [5, 5.41) is 18.3. The van der Waals surface area contributed by atoms with Crippen LogP contribution in [0.5, 0.6) is 5.75 Å². The van der Waals surface area contributed by atoms with Gasteiger partial charge in [-0.25, -0.2) is 9.18 Å². The fraction of sp³-hybridized carbons (Fsp3) is 0.263. The molecule has 0 aliphatic carbocycles.